The van der Waals surface area contributed by atoms with Gasteiger partial charge in [0.05, 0.1) is 5.69 Å². The lowest BCUT2D eigenvalue weighted by Gasteiger charge is -2.10. The molecule has 0 aliphatic heterocycles. The summed E-state index contributed by atoms with van der Waals surface area (Å²) >= 11 is 3.20. The standard InChI is InChI=1S/C12H11BrN2O3S/c1-15-8-9(6-7-12(15)16)14-19(17,18)11-5-3-2-4-10(11)13/h2-8,14H,1H3. The lowest BCUT2D eigenvalue weighted by atomic mass is 10.4. The second-order valence-corrected chi connectivity index (χ2v) is 6.41. The van der Waals surface area contributed by atoms with Gasteiger partial charge in [0.2, 0.25) is 5.56 Å². The SMILES string of the molecule is Cn1cc(NS(=O)(=O)c2ccccc2Br)ccc1=O. The average molecular weight is 343 g/mol. The second-order valence-electron chi connectivity index (χ2n) is 3.90. The molecule has 2 aromatic rings. The van der Waals surface area contributed by atoms with Crippen molar-refractivity contribution < 1.29 is 8.42 Å². The molecule has 0 spiro atoms. The Morgan fingerprint density at radius 1 is 1.16 bits per heavy atom. The van der Waals surface area contributed by atoms with Gasteiger partial charge in [0.1, 0.15) is 4.90 Å². The molecule has 1 aromatic heterocycles. The molecule has 5 nitrogen and oxygen atoms in total. The van der Waals surface area contributed by atoms with Gasteiger partial charge in [-0.25, -0.2) is 8.42 Å². The van der Waals surface area contributed by atoms with Crippen LogP contribution in [0.25, 0.3) is 0 Å². The van der Waals surface area contributed by atoms with Crippen molar-refractivity contribution in [2.75, 3.05) is 4.72 Å². The Balaban J connectivity index is 2.39. The molecule has 0 amide bonds. The number of aryl methyl sites for hydroxylation is 1. The Bertz CT molecular complexity index is 769. The van der Waals surface area contributed by atoms with Crippen molar-refractivity contribution in [3.63, 3.8) is 0 Å². The van der Waals surface area contributed by atoms with Crippen LogP contribution >= 0.6 is 15.9 Å². The minimum atomic E-state index is -3.69. The molecule has 0 atom stereocenters. The van der Waals surface area contributed by atoms with Gasteiger partial charge in [0, 0.05) is 23.8 Å². The number of nitrogens with one attached hydrogen (secondary N) is 1. The van der Waals surface area contributed by atoms with E-state index in [1.54, 1.807) is 25.2 Å². The van der Waals surface area contributed by atoms with E-state index in [-0.39, 0.29) is 10.5 Å². The Hall–Kier alpha value is -1.60. The third-order valence-electron chi connectivity index (χ3n) is 2.46. The maximum absolute atomic E-state index is 12.2. The molecule has 0 aliphatic carbocycles. The van der Waals surface area contributed by atoms with E-state index >= 15 is 0 Å². The number of nitrogens with zero attached hydrogens (tertiary/aromatic N) is 1. The third-order valence-corrected chi connectivity index (χ3v) is 4.86. The molecule has 1 heterocycles. The molecule has 7 heteroatoms. The summed E-state index contributed by atoms with van der Waals surface area (Å²) in [6, 6.07) is 9.24. The van der Waals surface area contributed by atoms with Crippen LogP contribution in [0.2, 0.25) is 0 Å². The molecule has 0 fully saturated rings. The minimum absolute atomic E-state index is 0.142. The topological polar surface area (TPSA) is 68.2 Å². The molecule has 1 N–H and O–H groups in total. The van der Waals surface area contributed by atoms with Gasteiger partial charge in [0.25, 0.3) is 10.0 Å². The fourth-order valence-electron chi connectivity index (χ4n) is 1.53. The molecule has 0 saturated carbocycles. The van der Waals surface area contributed by atoms with Gasteiger partial charge in [0.15, 0.2) is 0 Å². The Morgan fingerprint density at radius 2 is 1.84 bits per heavy atom. The molecule has 100 valence electrons. The van der Waals surface area contributed by atoms with Gasteiger partial charge < -0.3 is 4.57 Å². The smallest absolute Gasteiger partial charge is 0.263 e. The van der Waals surface area contributed by atoms with Gasteiger partial charge >= 0.3 is 0 Å². The summed E-state index contributed by atoms with van der Waals surface area (Å²) in [4.78, 5) is 11.4. The fourth-order valence-corrected chi connectivity index (χ4v) is 3.57. The van der Waals surface area contributed by atoms with Crippen molar-refractivity contribution in [2.24, 2.45) is 7.05 Å². The highest BCUT2D eigenvalue weighted by molar-refractivity contribution is 9.10. The van der Waals surface area contributed by atoms with E-state index in [0.29, 0.717) is 10.2 Å². The predicted octanol–water partition coefficient (Wildman–Crippen LogP) is 1.95. The molecule has 2 rings (SSSR count). The van der Waals surface area contributed by atoms with Crippen molar-refractivity contribution in [1.29, 1.82) is 0 Å². The molecule has 1 aromatic carbocycles. The van der Waals surface area contributed by atoms with E-state index in [2.05, 4.69) is 20.7 Å². The number of benzene rings is 1. The first-order chi connectivity index (χ1) is 8.90. The monoisotopic (exact) mass is 342 g/mol. The van der Waals surface area contributed by atoms with Gasteiger partial charge in [-0.05, 0) is 34.1 Å². The average Bonchev–Trinajstić information content (AvgIpc) is 2.34. The van der Waals surface area contributed by atoms with Gasteiger partial charge in [-0.2, -0.15) is 0 Å². The molecule has 0 saturated heterocycles. The Labute approximate surface area is 119 Å². The molecule has 19 heavy (non-hydrogen) atoms. The number of hydrogen-bond acceptors (Lipinski definition) is 3. The van der Waals surface area contributed by atoms with Crippen molar-refractivity contribution in [2.45, 2.75) is 4.90 Å². The van der Waals surface area contributed by atoms with Crippen LogP contribution in [0.5, 0.6) is 0 Å². The maximum Gasteiger partial charge on any atom is 0.263 e. The summed E-state index contributed by atoms with van der Waals surface area (Å²) < 4.78 is 28.6. The lowest BCUT2D eigenvalue weighted by Crippen LogP contribution is -2.18. The summed E-state index contributed by atoms with van der Waals surface area (Å²) in [5.74, 6) is 0. The Morgan fingerprint density at radius 3 is 2.47 bits per heavy atom. The first-order valence-corrected chi connectivity index (χ1v) is 7.62. The summed E-state index contributed by atoms with van der Waals surface area (Å²) in [5, 5.41) is 0. The molecule has 0 bridgehead atoms. The normalized spacial score (nSPS) is 11.3. The molecule has 0 aliphatic rings. The van der Waals surface area contributed by atoms with Crippen molar-refractivity contribution in [1.82, 2.24) is 4.57 Å². The number of pyridine rings is 1. The first-order valence-electron chi connectivity index (χ1n) is 5.34. The first kappa shape index (κ1) is 13.8. The van der Waals surface area contributed by atoms with Crippen molar-refractivity contribution in [3.8, 4) is 0 Å². The van der Waals surface area contributed by atoms with Crippen LogP contribution in [0, 0.1) is 0 Å². The van der Waals surface area contributed by atoms with Gasteiger partial charge in [-0.15, -0.1) is 0 Å². The Kier molecular flexibility index (Phi) is 3.77. The second kappa shape index (κ2) is 5.18. The predicted molar refractivity (Wildman–Crippen MR) is 76.6 cm³/mol. The number of hydrogen-bond donors (Lipinski definition) is 1. The van der Waals surface area contributed by atoms with Crippen LogP contribution in [-0.4, -0.2) is 13.0 Å². The number of rotatable bonds is 3. The van der Waals surface area contributed by atoms with Gasteiger partial charge in [-0.1, -0.05) is 12.1 Å². The quantitative estimate of drug-likeness (QED) is 0.926. The maximum atomic E-state index is 12.2. The van der Waals surface area contributed by atoms with Crippen molar-refractivity contribution >= 4 is 31.6 Å². The van der Waals surface area contributed by atoms with E-state index < -0.39 is 10.0 Å². The number of anilines is 1. The molecular formula is C12H11BrN2O3S. The lowest BCUT2D eigenvalue weighted by molar-refractivity contribution is 0.600. The van der Waals surface area contributed by atoms with Crippen LogP contribution in [0.4, 0.5) is 5.69 Å². The van der Waals surface area contributed by atoms with E-state index in [9.17, 15) is 13.2 Å². The summed E-state index contributed by atoms with van der Waals surface area (Å²) in [6.07, 6.45) is 1.43. The zero-order valence-electron chi connectivity index (χ0n) is 10.00. The zero-order chi connectivity index (χ0) is 14.0. The molecule has 0 unspecified atom stereocenters. The van der Waals surface area contributed by atoms with Crippen LogP contribution in [0.1, 0.15) is 0 Å². The summed E-state index contributed by atoms with van der Waals surface area (Å²) in [5.41, 5.74) is 0.127. The van der Waals surface area contributed by atoms with Crippen LogP contribution in [-0.2, 0) is 17.1 Å². The highest BCUT2D eigenvalue weighted by Gasteiger charge is 2.17. The van der Waals surface area contributed by atoms with E-state index in [4.69, 9.17) is 0 Å². The molecular weight excluding hydrogens is 332 g/mol. The van der Waals surface area contributed by atoms with E-state index in [0.717, 1.165) is 0 Å². The zero-order valence-corrected chi connectivity index (χ0v) is 12.4. The number of halogens is 1. The highest BCUT2D eigenvalue weighted by atomic mass is 79.9. The van der Waals surface area contributed by atoms with Crippen LogP contribution < -0.4 is 10.3 Å². The number of aromatic nitrogens is 1. The van der Waals surface area contributed by atoms with E-state index in [1.807, 2.05) is 0 Å². The van der Waals surface area contributed by atoms with Crippen LogP contribution in [0.15, 0.2) is 56.8 Å². The minimum Gasteiger partial charge on any atom is -0.316 e. The number of sulfonamides is 1. The van der Waals surface area contributed by atoms with Gasteiger partial charge in [-0.3, -0.25) is 9.52 Å². The van der Waals surface area contributed by atoms with E-state index in [1.165, 1.54) is 29.0 Å². The summed E-state index contributed by atoms with van der Waals surface area (Å²) in [6.45, 7) is 0. The molecule has 0 radical (unpaired) electrons. The van der Waals surface area contributed by atoms with Crippen molar-refractivity contribution in [3.05, 3.63) is 57.4 Å². The largest absolute Gasteiger partial charge is 0.316 e. The van der Waals surface area contributed by atoms with Crippen LogP contribution in [0.3, 0.4) is 0 Å². The highest BCUT2D eigenvalue weighted by Crippen LogP contribution is 2.23. The summed E-state index contributed by atoms with van der Waals surface area (Å²) in [7, 11) is -2.13. The third kappa shape index (κ3) is 3.05. The fraction of sp³-hybridized carbons (Fsp3) is 0.0833.